The highest BCUT2D eigenvalue weighted by atomic mass is 16.6. The molecule has 0 aliphatic rings. The van der Waals surface area contributed by atoms with Crippen LogP contribution in [0.15, 0.2) is 54.6 Å². The Labute approximate surface area is 223 Å². The van der Waals surface area contributed by atoms with Crippen molar-refractivity contribution < 1.29 is 33.4 Å². The van der Waals surface area contributed by atoms with Crippen molar-refractivity contribution in [3.8, 4) is 11.5 Å². The van der Waals surface area contributed by atoms with Gasteiger partial charge in [0.1, 0.15) is 23.1 Å². The molecule has 38 heavy (non-hydrogen) atoms. The van der Waals surface area contributed by atoms with E-state index >= 15 is 0 Å². The number of carbonyl (C=O) groups excluding carboxylic acids is 4. The van der Waals surface area contributed by atoms with Crippen LogP contribution in [0.1, 0.15) is 53.4 Å². The zero-order valence-corrected chi connectivity index (χ0v) is 22.4. The number of alkyl carbamates (subject to hydrolysis) is 1. The highest BCUT2D eigenvalue weighted by Gasteiger charge is 2.25. The lowest BCUT2D eigenvalue weighted by Crippen LogP contribution is -2.48. The molecule has 2 aromatic carbocycles. The van der Waals surface area contributed by atoms with Gasteiger partial charge in [0.15, 0.2) is 0 Å². The van der Waals surface area contributed by atoms with Gasteiger partial charge in [0.25, 0.3) is 0 Å². The molecule has 0 aliphatic carbocycles. The van der Waals surface area contributed by atoms with E-state index in [1.54, 1.807) is 52.0 Å². The Morgan fingerprint density at radius 1 is 0.895 bits per heavy atom. The average Bonchev–Trinajstić information content (AvgIpc) is 2.85. The predicted octanol–water partition coefficient (Wildman–Crippen LogP) is 4.55. The summed E-state index contributed by atoms with van der Waals surface area (Å²) in [7, 11) is 0. The number of anilines is 1. The van der Waals surface area contributed by atoms with Gasteiger partial charge in [-0.2, -0.15) is 0 Å². The van der Waals surface area contributed by atoms with Crippen LogP contribution in [0.4, 0.5) is 10.5 Å². The maximum atomic E-state index is 12.7. The molecule has 0 bridgehead atoms. The van der Waals surface area contributed by atoms with Crippen molar-refractivity contribution in [2.24, 2.45) is 0 Å². The number of hydrogen-bond donors (Lipinski definition) is 3. The van der Waals surface area contributed by atoms with Gasteiger partial charge in [0, 0.05) is 25.1 Å². The van der Waals surface area contributed by atoms with Gasteiger partial charge < -0.3 is 30.2 Å². The second-order valence-corrected chi connectivity index (χ2v) is 9.42. The summed E-state index contributed by atoms with van der Waals surface area (Å²) in [6.07, 6.45) is -0.203. The summed E-state index contributed by atoms with van der Waals surface area (Å²) in [5.41, 5.74) is -0.186. The number of rotatable bonds is 13. The smallest absolute Gasteiger partial charge is 0.408 e. The van der Waals surface area contributed by atoms with Crippen molar-refractivity contribution in [1.29, 1.82) is 0 Å². The molecule has 0 heterocycles. The molecule has 2 rings (SSSR count). The number of ether oxygens (including phenoxy) is 3. The first-order valence-electron chi connectivity index (χ1n) is 12.6. The van der Waals surface area contributed by atoms with E-state index < -0.39 is 23.6 Å². The quantitative estimate of drug-likeness (QED) is 0.257. The fourth-order valence-corrected chi connectivity index (χ4v) is 3.25. The molecule has 3 N–H and O–H groups in total. The van der Waals surface area contributed by atoms with E-state index in [4.69, 9.17) is 14.2 Å². The minimum atomic E-state index is -1.00. The van der Waals surface area contributed by atoms with E-state index in [1.807, 2.05) is 30.3 Å². The number of para-hydroxylation sites is 1. The van der Waals surface area contributed by atoms with Gasteiger partial charge in [-0.05, 0) is 76.9 Å². The van der Waals surface area contributed by atoms with E-state index in [2.05, 4.69) is 16.0 Å². The lowest BCUT2D eigenvalue weighted by atomic mass is 10.1. The molecule has 1 atom stereocenters. The molecule has 10 nitrogen and oxygen atoms in total. The summed E-state index contributed by atoms with van der Waals surface area (Å²) >= 11 is 0. The van der Waals surface area contributed by atoms with Gasteiger partial charge in [-0.1, -0.05) is 18.2 Å². The summed E-state index contributed by atoms with van der Waals surface area (Å²) in [5, 5.41) is 7.99. The molecule has 0 radical (unpaired) electrons. The molecule has 10 heteroatoms. The number of nitrogens with one attached hydrogen (secondary N) is 3. The molecular formula is C28H37N3O7. The Hall–Kier alpha value is -4.08. The van der Waals surface area contributed by atoms with Crippen LogP contribution in [0, 0.1) is 0 Å². The van der Waals surface area contributed by atoms with Gasteiger partial charge in [0.2, 0.25) is 11.8 Å². The summed E-state index contributed by atoms with van der Waals surface area (Å²) in [6.45, 7) is 7.36. The third-order valence-electron chi connectivity index (χ3n) is 4.95. The highest BCUT2D eigenvalue weighted by Crippen LogP contribution is 2.22. The van der Waals surface area contributed by atoms with Crippen LogP contribution >= 0.6 is 0 Å². The number of carbonyl (C=O) groups is 4. The number of esters is 1. The third kappa shape index (κ3) is 12.2. The van der Waals surface area contributed by atoms with E-state index in [1.165, 1.54) is 0 Å². The zero-order valence-electron chi connectivity index (χ0n) is 22.4. The molecule has 0 spiro atoms. The van der Waals surface area contributed by atoms with Crippen LogP contribution in [0.5, 0.6) is 11.5 Å². The maximum absolute atomic E-state index is 12.7. The van der Waals surface area contributed by atoms with Crippen LogP contribution in [0.3, 0.4) is 0 Å². The molecule has 3 amide bonds. The fraction of sp³-hybridized carbons (Fsp3) is 0.429. The van der Waals surface area contributed by atoms with Crippen LogP contribution in [-0.2, 0) is 23.9 Å². The Morgan fingerprint density at radius 3 is 2.18 bits per heavy atom. The summed E-state index contributed by atoms with van der Waals surface area (Å²) < 4.78 is 15.9. The maximum Gasteiger partial charge on any atom is 0.408 e. The van der Waals surface area contributed by atoms with Crippen molar-refractivity contribution in [1.82, 2.24) is 10.6 Å². The van der Waals surface area contributed by atoms with Crippen molar-refractivity contribution >= 4 is 29.6 Å². The van der Waals surface area contributed by atoms with Gasteiger partial charge in [0.05, 0.1) is 6.61 Å². The molecule has 0 saturated heterocycles. The first-order chi connectivity index (χ1) is 18.1. The second kappa shape index (κ2) is 15.2. The molecule has 0 saturated carbocycles. The van der Waals surface area contributed by atoms with Crippen LogP contribution in [0.25, 0.3) is 0 Å². The van der Waals surface area contributed by atoms with Crippen molar-refractivity contribution in [3.63, 3.8) is 0 Å². The Morgan fingerprint density at radius 2 is 1.55 bits per heavy atom. The average molecular weight is 528 g/mol. The van der Waals surface area contributed by atoms with Crippen LogP contribution in [0.2, 0.25) is 0 Å². The number of hydrogen-bond acceptors (Lipinski definition) is 7. The minimum absolute atomic E-state index is 0.0288. The van der Waals surface area contributed by atoms with Gasteiger partial charge in [-0.3, -0.25) is 14.4 Å². The largest absolute Gasteiger partial charge is 0.466 e. The van der Waals surface area contributed by atoms with Gasteiger partial charge >= 0.3 is 12.1 Å². The Kier molecular flexibility index (Phi) is 12.1. The van der Waals surface area contributed by atoms with E-state index in [9.17, 15) is 19.2 Å². The fourth-order valence-electron chi connectivity index (χ4n) is 3.25. The molecule has 0 aliphatic heterocycles. The molecule has 2 aromatic rings. The summed E-state index contributed by atoms with van der Waals surface area (Å²) in [5.74, 6) is 0.173. The number of amides is 3. The van der Waals surface area contributed by atoms with Crippen molar-refractivity contribution in [2.75, 3.05) is 18.5 Å². The summed E-state index contributed by atoms with van der Waals surface area (Å²) in [6, 6.07) is 15.2. The minimum Gasteiger partial charge on any atom is -0.466 e. The van der Waals surface area contributed by atoms with Gasteiger partial charge in [-0.25, -0.2) is 4.79 Å². The van der Waals surface area contributed by atoms with E-state index in [-0.39, 0.29) is 37.7 Å². The molecule has 206 valence electrons. The predicted molar refractivity (Wildman–Crippen MR) is 143 cm³/mol. The highest BCUT2D eigenvalue weighted by molar-refractivity contribution is 5.92. The first-order valence-corrected chi connectivity index (χ1v) is 12.6. The molecule has 0 fully saturated rings. The standard InChI is InChI=1S/C28H37N3O7/c1-5-36-25(33)12-9-19-29-26(34)23(31-27(35)38-28(2,3)4)17-18-24(32)30-20-13-15-22(16-14-20)37-21-10-7-6-8-11-21/h6-8,10-11,13-16,23H,5,9,12,17-19H2,1-4H3,(H,29,34)(H,30,32)(H,31,35)/t23-/m0/s1. The molecule has 0 unspecified atom stereocenters. The lowest BCUT2D eigenvalue weighted by molar-refractivity contribution is -0.143. The molecule has 0 aromatic heterocycles. The topological polar surface area (TPSA) is 132 Å². The first kappa shape index (κ1) is 30.1. The van der Waals surface area contributed by atoms with E-state index in [0.29, 0.717) is 30.2 Å². The third-order valence-corrected chi connectivity index (χ3v) is 4.95. The lowest BCUT2D eigenvalue weighted by Gasteiger charge is -2.23. The SMILES string of the molecule is CCOC(=O)CCCNC(=O)[C@H](CCC(=O)Nc1ccc(Oc2ccccc2)cc1)NC(=O)OC(C)(C)C. The van der Waals surface area contributed by atoms with Gasteiger partial charge in [-0.15, -0.1) is 0 Å². The summed E-state index contributed by atoms with van der Waals surface area (Å²) in [4.78, 5) is 49.0. The number of benzene rings is 2. The van der Waals surface area contributed by atoms with Crippen LogP contribution in [-0.4, -0.2) is 48.7 Å². The van der Waals surface area contributed by atoms with Crippen molar-refractivity contribution in [2.45, 2.75) is 65.0 Å². The molecular weight excluding hydrogens is 490 g/mol. The monoisotopic (exact) mass is 527 g/mol. The van der Waals surface area contributed by atoms with E-state index in [0.717, 1.165) is 0 Å². The normalized spacial score (nSPS) is 11.6. The Balaban J connectivity index is 1.89. The van der Waals surface area contributed by atoms with Crippen LogP contribution < -0.4 is 20.7 Å². The Bertz CT molecular complexity index is 1050. The zero-order chi connectivity index (χ0) is 28.0. The van der Waals surface area contributed by atoms with Crippen molar-refractivity contribution in [3.05, 3.63) is 54.6 Å². The second-order valence-electron chi connectivity index (χ2n) is 9.42.